The Kier molecular flexibility index (Phi) is 5.18. The van der Waals surface area contributed by atoms with Crippen LogP contribution < -0.4 is 4.74 Å². The monoisotopic (exact) mass is 390 g/mol. The molecule has 0 saturated heterocycles. The molecule has 1 aliphatic heterocycles. The van der Waals surface area contributed by atoms with Gasteiger partial charge in [0.15, 0.2) is 0 Å². The third-order valence-electron chi connectivity index (χ3n) is 3.90. The maximum Gasteiger partial charge on any atom is 0.308 e. The van der Waals surface area contributed by atoms with Crippen LogP contribution in [0.15, 0.2) is 29.4 Å². The Morgan fingerprint density at radius 3 is 2.59 bits per heavy atom. The summed E-state index contributed by atoms with van der Waals surface area (Å²) in [5.41, 5.74) is 2.20. The lowest BCUT2D eigenvalue weighted by atomic mass is 10.2. The Labute approximate surface area is 161 Å². The number of carbonyl (C=O) groups excluding carboxylic acids is 2. The van der Waals surface area contributed by atoms with Gasteiger partial charge in [0.2, 0.25) is 18.0 Å². The molecule has 1 aromatic heterocycles. The van der Waals surface area contributed by atoms with Crippen LogP contribution in [0.3, 0.4) is 0 Å². The zero-order valence-electron chi connectivity index (χ0n) is 15.4. The minimum absolute atomic E-state index is 0.149. The molecule has 1 unspecified atom stereocenters. The quantitative estimate of drug-likeness (QED) is 0.591. The number of halogens is 1. The second-order valence-corrected chi connectivity index (χ2v) is 6.62. The number of aromatic nitrogens is 2. The highest BCUT2D eigenvalue weighted by Gasteiger charge is 2.34. The van der Waals surface area contributed by atoms with E-state index >= 15 is 0 Å². The molecular weight excluding hydrogens is 372 g/mol. The van der Waals surface area contributed by atoms with Gasteiger partial charge in [-0.15, -0.1) is 5.10 Å². The maximum absolute atomic E-state index is 12.0. The van der Waals surface area contributed by atoms with Gasteiger partial charge < -0.3 is 9.47 Å². The summed E-state index contributed by atoms with van der Waals surface area (Å²) in [4.78, 5) is 23.4. The van der Waals surface area contributed by atoms with Gasteiger partial charge in [-0.2, -0.15) is 10.1 Å². The topological polar surface area (TPSA) is 86.0 Å². The molecule has 2 heterocycles. The van der Waals surface area contributed by atoms with E-state index in [0.29, 0.717) is 17.1 Å². The molecule has 0 fully saturated rings. The minimum atomic E-state index is -0.681. The minimum Gasteiger partial charge on any atom is -0.448 e. The van der Waals surface area contributed by atoms with Crippen LogP contribution in [0.4, 0.5) is 0 Å². The van der Waals surface area contributed by atoms with Crippen LogP contribution in [0, 0.1) is 13.8 Å². The number of carbonyl (C=O) groups is 2. The van der Waals surface area contributed by atoms with Crippen LogP contribution in [0.2, 0.25) is 5.02 Å². The van der Waals surface area contributed by atoms with Crippen LogP contribution in [-0.2, 0) is 20.9 Å². The van der Waals surface area contributed by atoms with Gasteiger partial charge in [0.25, 0.3) is 0 Å². The van der Waals surface area contributed by atoms with Gasteiger partial charge in [-0.1, -0.05) is 11.6 Å². The predicted molar refractivity (Wildman–Crippen MR) is 98.4 cm³/mol. The first-order valence-corrected chi connectivity index (χ1v) is 8.67. The summed E-state index contributed by atoms with van der Waals surface area (Å²) in [7, 11) is 0. The van der Waals surface area contributed by atoms with Gasteiger partial charge in [0.1, 0.15) is 5.75 Å². The van der Waals surface area contributed by atoms with Crippen molar-refractivity contribution in [2.75, 3.05) is 0 Å². The van der Waals surface area contributed by atoms with E-state index in [1.54, 1.807) is 22.9 Å². The Morgan fingerprint density at radius 1 is 1.26 bits per heavy atom. The van der Waals surface area contributed by atoms with Crippen LogP contribution in [0.5, 0.6) is 5.75 Å². The Morgan fingerprint density at radius 2 is 2.00 bits per heavy atom. The van der Waals surface area contributed by atoms with Gasteiger partial charge >= 0.3 is 5.97 Å². The fourth-order valence-corrected chi connectivity index (χ4v) is 2.96. The molecule has 0 aliphatic carbocycles. The van der Waals surface area contributed by atoms with E-state index in [0.717, 1.165) is 11.4 Å². The molecule has 0 spiro atoms. The summed E-state index contributed by atoms with van der Waals surface area (Å²) < 4.78 is 12.9. The molecule has 0 N–H and O–H groups in total. The fraction of sp³-hybridized carbons (Fsp3) is 0.333. The third kappa shape index (κ3) is 4.11. The second kappa shape index (κ2) is 7.40. The molecule has 1 amide bonds. The molecule has 3 rings (SSSR count). The number of amides is 1. The summed E-state index contributed by atoms with van der Waals surface area (Å²) in [5.74, 6) is -0.372. The van der Waals surface area contributed by atoms with Crippen molar-refractivity contribution in [1.29, 1.82) is 0 Å². The fourth-order valence-electron chi connectivity index (χ4n) is 2.79. The first-order chi connectivity index (χ1) is 12.7. The number of esters is 1. The van der Waals surface area contributed by atoms with Crippen molar-refractivity contribution in [1.82, 2.24) is 14.8 Å². The summed E-state index contributed by atoms with van der Waals surface area (Å²) in [6.07, 6.45) is -0.681. The van der Waals surface area contributed by atoms with Crippen molar-refractivity contribution in [2.24, 2.45) is 5.10 Å². The average molecular weight is 391 g/mol. The van der Waals surface area contributed by atoms with Gasteiger partial charge in [-0.25, -0.2) is 0 Å². The maximum atomic E-state index is 12.0. The summed E-state index contributed by atoms with van der Waals surface area (Å²) in [6, 6.07) is 6.65. The second-order valence-electron chi connectivity index (χ2n) is 6.18. The van der Waals surface area contributed by atoms with E-state index in [-0.39, 0.29) is 17.6 Å². The highest BCUT2D eigenvalue weighted by molar-refractivity contribution is 6.31. The average Bonchev–Trinajstić information content (AvgIpc) is 3.12. The molecule has 1 aromatic carbocycles. The van der Waals surface area contributed by atoms with Crippen molar-refractivity contribution < 1.29 is 19.1 Å². The summed E-state index contributed by atoms with van der Waals surface area (Å²) in [6.45, 7) is 6.81. The predicted octanol–water partition coefficient (Wildman–Crippen LogP) is 2.65. The number of hydrogen-bond acceptors (Lipinski definition) is 6. The molecule has 0 radical (unpaired) electrons. The number of rotatable bonds is 4. The molecule has 8 nitrogen and oxygen atoms in total. The molecule has 142 valence electrons. The van der Waals surface area contributed by atoms with Gasteiger partial charge in [0, 0.05) is 24.6 Å². The smallest absolute Gasteiger partial charge is 0.308 e. The van der Waals surface area contributed by atoms with E-state index in [1.165, 1.54) is 18.9 Å². The standard InChI is InChI=1S/C18H19ClN4O4/c1-10-7-11(2)22(20-10)9-17-23(12(3)24)21-18(27-17)15-8-14(19)5-6-16(15)26-13(4)25/h5-8,17H,9H2,1-4H3. The van der Waals surface area contributed by atoms with Gasteiger partial charge in [-0.3, -0.25) is 14.3 Å². The summed E-state index contributed by atoms with van der Waals surface area (Å²) in [5, 5.41) is 10.3. The van der Waals surface area contributed by atoms with Crippen LogP contribution in [0.25, 0.3) is 0 Å². The normalized spacial score (nSPS) is 16.1. The molecule has 9 heteroatoms. The number of hydrazone groups is 1. The molecule has 0 saturated carbocycles. The van der Waals surface area contributed by atoms with Gasteiger partial charge in [0.05, 0.1) is 17.8 Å². The lowest BCUT2D eigenvalue weighted by Gasteiger charge is -2.19. The van der Waals surface area contributed by atoms with Gasteiger partial charge in [-0.05, 0) is 38.1 Å². The molecular formula is C18H19ClN4O4. The van der Waals surface area contributed by atoms with E-state index in [1.807, 2.05) is 19.9 Å². The molecule has 1 atom stereocenters. The zero-order chi connectivity index (χ0) is 19.7. The highest BCUT2D eigenvalue weighted by Crippen LogP contribution is 2.28. The van der Waals surface area contributed by atoms with Crippen molar-refractivity contribution in [3.63, 3.8) is 0 Å². The van der Waals surface area contributed by atoms with Crippen LogP contribution in [-0.4, -0.2) is 38.8 Å². The molecule has 27 heavy (non-hydrogen) atoms. The Bertz CT molecular complexity index is 937. The van der Waals surface area contributed by atoms with E-state index in [2.05, 4.69) is 10.2 Å². The lowest BCUT2D eigenvalue weighted by Crippen LogP contribution is -2.36. The number of benzene rings is 1. The van der Waals surface area contributed by atoms with Crippen molar-refractivity contribution in [2.45, 2.75) is 40.5 Å². The zero-order valence-corrected chi connectivity index (χ0v) is 16.1. The SMILES string of the molecule is CC(=O)Oc1ccc(Cl)cc1C1=NN(C(C)=O)C(Cn2nc(C)cc2C)O1. The number of hydrogen-bond donors (Lipinski definition) is 0. The first kappa shape index (κ1) is 18.9. The largest absolute Gasteiger partial charge is 0.448 e. The van der Waals surface area contributed by atoms with E-state index in [4.69, 9.17) is 21.1 Å². The number of nitrogens with zero attached hydrogens (tertiary/aromatic N) is 4. The summed E-state index contributed by atoms with van der Waals surface area (Å²) >= 11 is 6.07. The highest BCUT2D eigenvalue weighted by atomic mass is 35.5. The third-order valence-corrected chi connectivity index (χ3v) is 4.13. The number of ether oxygens (including phenoxy) is 2. The Balaban J connectivity index is 1.92. The van der Waals surface area contributed by atoms with Crippen LogP contribution >= 0.6 is 11.6 Å². The van der Waals surface area contributed by atoms with Crippen molar-refractivity contribution in [3.05, 3.63) is 46.2 Å². The molecule has 2 aromatic rings. The van der Waals surface area contributed by atoms with Crippen molar-refractivity contribution >= 4 is 29.4 Å². The molecule has 0 bridgehead atoms. The van der Waals surface area contributed by atoms with E-state index < -0.39 is 12.2 Å². The molecule has 1 aliphatic rings. The van der Waals surface area contributed by atoms with Crippen molar-refractivity contribution in [3.8, 4) is 5.75 Å². The number of aryl methyl sites for hydroxylation is 2. The lowest BCUT2D eigenvalue weighted by molar-refractivity contribution is -0.135. The van der Waals surface area contributed by atoms with E-state index in [9.17, 15) is 9.59 Å². The van der Waals surface area contributed by atoms with Crippen LogP contribution in [0.1, 0.15) is 30.8 Å². The Hall–Kier alpha value is -2.87. The first-order valence-electron chi connectivity index (χ1n) is 8.29.